The minimum atomic E-state index is -6.09. The number of phosphoric ester groups is 1. The Balaban J connectivity index is 2.03. The van der Waals surface area contributed by atoms with E-state index in [4.69, 9.17) is 4.74 Å². The normalized spacial score (nSPS) is 26.8. The molecule has 1 aromatic heterocycles. The Bertz CT molecular complexity index is 1010. The van der Waals surface area contributed by atoms with Gasteiger partial charge in [-0.2, -0.15) is 0 Å². The summed E-state index contributed by atoms with van der Waals surface area (Å²) >= 11 is 0. The minimum absolute atomic E-state index is 0.113. The molecule has 166 valence electrons. The molecule has 0 bridgehead atoms. The first-order valence-corrected chi connectivity index (χ1v) is 12.0. The van der Waals surface area contributed by atoms with Gasteiger partial charge < -0.3 is 39.1 Å². The van der Waals surface area contributed by atoms with E-state index in [1.165, 1.54) is 13.1 Å². The van der Waals surface area contributed by atoms with Crippen molar-refractivity contribution in [3.63, 3.8) is 0 Å². The van der Waals surface area contributed by atoms with Crippen LogP contribution in [0.25, 0.3) is 0 Å². The summed E-state index contributed by atoms with van der Waals surface area (Å²) in [6.07, 6.45) is -0.635. The molecule has 0 aromatic carbocycles. The molecule has 1 saturated heterocycles. The van der Waals surface area contributed by atoms with Gasteiger partial charge in [0.2, 0.25) is 0 Å². The highest BCUT2D eigenvalue weighted by Crippen LogP contribution is 2.60. The Kier molecular flexibility index (Phi) is 7.23. The number of aryl methyl sites for hydroxylation is 1. The Morgan fingerprint density at radius 3 is 2.41 bits per heavy atom. The predicted molar refractivity (Wildman–Crippen MR) is 82.2 cm³/mol. The molecule has 5 atom stereocenters. The number of aromatic nitrogens is 2. The number of ether oxygens (including phenoxy) is 1. The van der Waals surface area contributed by atoms with Crippen molar-refractivity contribution >= 4 is 23.5 Å². The van der Waals surface area contributed by atoms with E-state index in [-0.39, 0.29) is 12.0 Å². The second kappa shape index (κ2) is 8.63. The molecule has 1 fully saturated rings. The molecule has 4 N–H and O–H groups in total. The van der Waals surface area contributed by atoms with E-state index in [0.29, 0.717) is 0 Å². The number of quaternary nitrogens is 1. The largest absolute Gasteiger partial charge is 0.790 e. The van der Waals surface area contributed by atoms with Crippen LogP contribution in [0.2, 0.25) is 0 Å². The van der Waals surface area contributed by atoms with Crippen molar-refractivity contribution in [3.05, 3.63) is 32.6 Å². The first kappa shape index (κ1) is 24.3. The van der Waals surface area contributed by atoms with Crippen molar-refractivity contribution < 1.29 is 56.9 Å². The van der Waals surface area contributed by atoms with E-state index in [1.54, 1.807) is 0 Å². The summed E-state index contributed by atoms with van der Waals surface area (Å²) < 4.78 is 50.2. The van der Waals surface area contributed by atoms with E-state index in [2.05, 4.69) is 23.9 Å². The predicted octanol–water partition coefficient (Wildman–Crippen LogP) is -4.44. The Morgan fingerprint density at radius 2 is 1.83 bits per heavy atom. The molecule has 0 saturated carbocycles. The van der Waals surface area contributed by atoms with E-state index < -0.39 is 59.7 Å². The number of rotatable bonds is 8. The van der Waals surface area contributed by atoms with Gasteiger partial charge in [0.15, 0.2) is 0 Å². The molecule has 0 amide bonds. The lowest BCUT2D eigenvalue weighted by atomic mass is 10.1. The summed E-state index contributed by atoms with van der Waals surface area (Å²) in [5, 5.41) is 0. The molecule has 19 heteroatoms. The number of nitrogens with zero attached hydrogens (tertiary/aromatic N) is 1. The first-order chi connectivity index (χ1) is 13.1. The van der Waals surface area contributed by atoms with Gasteiger partial charge in [-0.1, -0.05) is 0 Å². The van der Waals surface area contributed by atoms with Gasteiger partial charge in [-0.15, -0.1) is 0 Å². The fraction of sp³-hybridized carbons (Fsp3) is 0.600. The highest BCUT2D eigenvalue weighted by Gasteiger charge is 2.38. The number of hydrogen-bond acceptors (Lipinski definition) is 13. The number of aromatic amines is 1. The van der Waals surface area contributed by atoms with Crippen molar-refractivity contribution in [2.24, 2.45) is 0 Å². The van der Waals surface area contributed by atoms with Crippen molar-refractivity contribution in [1.29, 1.82) is 0 Å². The highest BCUT2D eigenvalue weighted by molar-refractivity contribution is 7.64. The molecule has 2 heterocycles. The van der Waals surface area contributed by atoms with Crippen LogP contribution in [0, 0.1) is 6.92 Å². The van der Waals surface area contributed by atoms with Gasteiger partial charge in [0.05, 0.1) is 14.4 Å². The molecule has 1 aliphatic heterocycles. The van der Waals surface area contributed by atoms with Crippen LogP contribution >= 0.6 is 23.5 Å². The average Bonchev–Trinajstić information content (AvgIpc) is 2.86. The van der Waals surface area contributed by atoms with Crippen LogP contribution < -0.4 is 36.6 Å². The zero-order chi connectivity index (χ0) is 22.2. The maximum Gasteiger partial charge on any atom is 0.330 e. The minimum Gasteiger partial charge on any atom is -0.790 e. The first-order valence-electron chi connectivity index (χ1n) is 7.60. The van der Waals surface area contributed by atoms with Crippen molar-refractivity contribution in [2.75, 3.05) is 6.61 Å². The summed E-state index contributed by atoms with van der Waals surface area (Å²) in [6.45, 7) is 0.637. The van der Waals surface area contributed by atoms with Crippen LogP contribution in [0.3, 0.4) is 0 Å². The third-order valence-corrected chi connectivity index (χ3v) is 7.28. The topological polar surface area (TPSA) is 263 Å². The molecule has 16 nitrogen and oxygen atoms in total. The van der Waals surface area contributed by atoms with Crippen LogP contribution in [0.15, 0.2) is 15.8 Å². The summed E-state index contributed by atoms with van der Waals surface area (Å²) in [6, 6.07) is -0.627. The zero-order valence-corrected chi connectivity index (χ0v) is 17.2. The van der Waals surface area contributed by atoms with Gasteiger partial charge >= 0.3 is 5.69 Å². The number of nitrogens with one attached hydrogen (secondary N) is 1. The number of H-pyrrole nitrogens is 1. The number of phosphoric acid groups is 3. The maximum atomic E-state index is 11.9. The average molecular weight is 478 g/mol. The molecule has 0 aliphatic carbocycles. The van der Waals surface area contributed by atoms with Gasteiger partial charge in [0, 0.05) is 18.2 Å². The monoisotopic (exact) mass is 478 g/mol. The smallest absolute Gasteiger partial charge is 0.330 e. The molecule has 0 spiro atoms. The number of hydrogen-bond donors (Lipinski definition) is 2. The van der Waals surface area contributed by atoms with Crippen LogP contribution in [0.5, 0.6) is 0 Å². The van der Waals surface area contributed by atoms with Crippen LogP contribution in [0.4, 0.5) is 0 Å². The zero-order valence-electron chi connectivity index (χ0n) is 14.5. The van der Waals surface area contributed by atoms with E-state index in [1.807, 2.05) is 0 Å². The molecular weight excluding hydrogens is 463 g/mol. The van der Waals surface area contributed by atoms with Crippen molar-refractivity contribution in [3.8, 4) is 0 Å². The van der Waals surface area contributed by atoms with Crippen molar-refractivity contribution in [2.45, 2.75) is 31.7 Å². The lowest BCUT2D eigenvalue weighted by Gasteiger charge is -2.37. The summed E-state index contributed by atoms with van der Waals surface area (Å²) in [5.41, 5.74) is 2.55. The lowest BCUT2D eigenvalue weighted by molar-refractivity contribution is -0.428. The lowest BCUT2D eigenvalue weighted by Crippen LogP contribution is -2.65. The Labute approximate surface area is 161 Å². The maximum absolute atomic E-state index is 11.9. The van der Waals surface area contributed by atoms with E-state index >= 15 is 0 Å². The molecular formula is C10H15N3O13P3-3. The molecule has 2 rings (SSSR count). The Hall–Kier alpha value is -0.990. The summed E-state index contributed by atoms with van der Waals surface area (Å²) in [4.78, 5) is 68.6. The van der Waals surface area contributed by atoms with Crippen LogP contribution in [-0.4, -0.2) is 28.3 Å². The second-order valence-corrected chi connectivity index (χ2v) is 10.2. The molecule has 1 aliphatic rings. The van der Waals surface area contributed by atoms with Crippen LogP contribution in [-0.2, 0) is 31.6 Å². The van der Waals surface area contributed by atoms with Gasteiger partial charge in [-0.3, -0.25) is 27.8 Å². The fourth-order valence-electron chi connectivity index (χ4n) is 2.38. The third-order valence-electron chi connectivity index (χ3n) is 3.62. The summed E-state index contributed by atoms with van der Waals surface area (Å²) in [5.74, 6) is 0. The molecule has 1 aromatic rings. The van der Waals surface area contributed by atoms with Gasteiger partial charge in [0.1, 0.15) is 18.4 Å². The van der Waals surface area contributed by atoms with Crippen molar-refractivity contribution in [1.82, 2.24) is 9.55 Å². The standard InChI is InChI=1S/C10H18N3O13P3/c1-5-3-13(10(15)12-9(5)14)8-2-6(11)7(24-8)4-23-28(19,20)26-29(21,22)25-27(16,17)18/h3,6-8H,2,4,11H2,1H3,(H,19,20)(H,21,22)(H,12,14,15)(H2,16,17,18)/p-3/t6-,7+,8+/m0/s1. The van der Waals surface area contributed by atoms with E-state index in [9.17, 15) is 42.9 Å². The highest BCUT2D eigenvalue weighted by atomic mass is 31.3. The summed E-state index contributed by atoms with van der Waals surface area (Å²) in [7, 11) is -17.8. The molecule has 0 radical (unpaired) electrons. The van der Waals surface area contributed by atoms with Gasteiger partial charge in [-0.05, 0) is 6.92 Å². The second-order valence-electron chi connectivity index (χ2n) is 5.90. The van der Waals surface area contributed by atoms with Gasteiger partial charge in [-0.25, -0.2) is 9.11 Å². The molecule has 29 heavy (non-hydrogen) atoms. The fourth-order valence-corrected chi connectivity index (χ4v) is 5.25. The van der Waals surface area contributed by atoms with Gasteiger partial charge in [0.25, 0.3) is 21.2 Å². The third kappa shape index (κ3) is 7.03. The SMILES string of the molecule is Cc1cn([C@H]2C[C@H]([NH3+])[C@@H](COP(=O)([O-])OP(=O)([O-])OP(=O)([O-])[O-])O2)c(=O)[nH]c1=O. The molecule has 2 unspecified atom stereocenters. The van der Waals surface area contributed by atoms with Crippen LogP contribution in [0.1, 0.15) is 18.2 Å². The Morgan fingerprint density at radius 1 is 1.21 bits per heavy atom. The van der Waals surface area contributed by atoms with E-state index in [0.717, 1.165) is 4.57 Å². The quantitative estimate of drug-likeness (QED) is 0.334.